The van der Waals surface area contributed by atoms with Gasteiger partial charge in [-0.3, -0.25) is 9.78 Å². The molecule has 1 aliphatic heterocycles. The highest BCUT2D eigenvalue weighted by Crippen LogP contribution is 2.24. The van der Waals surface area contributed by atoms with Crippen LogP contribution in [0.1, 0.15) is 34.5 Å². The summed E-state index contributed by atoms with van der Waals surface area (Å²) in [4.78, 5) is 30.2. The minimum absolute atomic E-state index is 0.166. The molecule has 0 saturated heterocycles. The lowest BCUT2D eigenvalue weighted by Gasteiger charge is -2.15. The van der Waals surface area contributed by atoms with E-state index in [9.17, 15) is 4.79 Å². The van der Waals surface area contributed by atoms with E-state index in [-0.39, 0.29) is 5.69 Å². The van der Waals surface area contributed by atoms with Crippen LogP contribution in [-0.4, -0.2) is 25.8 Å². The zero-order valence-electron chi connectivity index (χ0n) is 11.1. The summed E-state index contributed by atoms with van der Waals surface area (Å²) in [5, 5.41) is 0. The number of rotatable bonds is 3. The first-order valence-electron chi connectivity index (χ1n) is 6.38. The third-order valence-electron chi connectivity index (χ3n) is 3.22. The van der Waals surface area contributed by atoms with E-state index in [1.54, 1.807) is 6.20 Å². The van der Waals surface area contributed by atoms with Crippen LogP contribution in [0.15, 0.2) is 18.6 Å². The molecule has 0 saturated carbocycles. The Morgan fingerprint density at radius 2 is 2.15 bits per heavy atom. The molecule has 7 nitrogen and oxygen atoms in total. The Kier molecular flexibility index (Phi) is 3.02. The molecule has 2 aromatic rings. The van der Waals surface area contributed by atoms with Crippen molar-refractivity contribution in [1.29, 1.82) is 0 Å². The largest absolute Gasteiger partial charge is 0.364 e. The van der Waals surface area contributed by atoms with Crippen molar-refractivity contribution in [2.75, 3.05) is 4.90 Å². The molecule has 1 aliphatic rings. The molecule has 0 unspecified atom stereocenters. The second kappa shape index (κ2) is 4.84. The molecule has 7 heteroatoms. The van der Waals surface area contributed by atoms with Gasteiger partial charge in [0.1, 0.15) is 17.3 Å². The molecule has 2 aromatic heterocycles. The topological polar surface area (TPSA) is 97.9 Å². The minimum Gasteiger partial charge on any atom is -0.364 e. The van der Waals surface area contributed by atoms with E-state index < -0.39 is 5.91 Å². The lowest BCUT2D eigenvalue weighted by Crippen LogP contribution is -2.20. The van der Waals surface area contributed by atoms with Crippen LogP contribution in [0.4, 0.5) is 5.82 Å². The third-order valence-corrected chi connectivity index (χ3v) is 3.22. The third kappa shape index (κ3) is 2.18. The van der Waals surface area contributed by atoms with Crippen LogP contribution >= 0.6 is 0 Å². The lowest BCUT2D eigenvalue weighted by atomic mass is 10.3. The van der Waals surface area contributed by atoms with Gasteiger partial charge < -0.3 is 10.6 Å². The van der Waals surface area contributed by atoms with Crippen LogP contribution in [0.5, 0.6) is 0 Å². The fraction of sp³-hybridized carbons (Fsp3) is 0.308. The highest BCUT2D eigenvalue weighted by atomic mass is 16.1. The zero-order chi connectivity index (χ0) is 14.1. The van der Waals surface area contributed by atoms with Crippen molar-refractivity contribution in [3.8, 4) is 0 Å². The van der Waals surface area contributed by atoms with Gasteiger partial charge in [-0.15, -0.1) is 0 Å². The second-order valence-electron chi connectivity index (χ2n) is 4.59. The maximum Gasteiger partial charge on any atom is 0.268 e. The Morgan fingerprint density at radius 3 is 2.90 bits per heavy atom. The maximum atomic E-state index is 11.1. The van der Waals surface area contributed by atoms with E-state index in [1.807, 2.05) is 18.0 Å². The number of fused-ring (bicyclic) bond motifs is 1. The molecule has 0 aromatic carbocycles. The van der Waals surface area contributed by atoms with E-state index in [0.29, 0.717) is 18.9 Å². The molecule has 0 atom stereocenters. The number of hydrogen-bond acceptors (Lipinski definition) is 6. The van der Waals surface area contributed by atoms with Crippen molar-refractivity contribution >= 4 is 11.7 Å². The zero-order valence-corrected chi connectivity index (χ0v) is 11.1. The number of hydrogen-bond donors (Lipinski definition) is 1. The van der Waals surface area contributed by atoms with E-state index in [4.69, 9.17) is 5.73 Å². The molecule has 102 valence electrons. The second-order valence-corrected chi connectivity index (χ2v) is 4.59. The van der Waals surface area contributed by atoms with Crippen LogP contribution in [0.25, 0.3) is 0 Å². The van der Waals surface area contributed by atoms with Crippen LogP contribution in [0.2, 0.25) is 0 Å². The van der Waals surface area contributed by atoms with Gasteiger partial charge in [-0.1, -0.05) is 6.92 Å². The number of carbonyl (C=O) groups is 1. The molecule has 3 rings (SSSR count). The molecule has 2 N–H and O–H groups in total. The van der Waals surface area contributed by atoms with Gasteiger partial charge >= 0.3 is 0 Å². The number of primary amides is 1. The van der Waals surface area contributed by atoms with Gasteiger partial charge in [0.2, 0.25) is 0 Å². The van der Waals surface area contributed by atoms with E-state index in [0.717, 1.165) is 23.5 Å². The fourth-order valence-electron chi connectivity index (χ4n) is 2.15. The number of amides is 1. The molecule has 0 radical (unpaired) electrons. The molecule has 0 bridgehead atoms. The molecule has 0 fully saturated rings. The predicted molar refractivity (Wildman–Crippen MR) is 71.8 cm³/mol. The first kappa shape index (κ1) is 12.5. The molecule has 1 amide bonds. The standard InChI is InChI=1S/C13H14N6O/c1-2-11-16-3-8-6-19(7-10(8)17-11)12-5-15-4-9(18-12)13(14)20/h3-5H,2,6-7H2,1H3,(H2,14,20). The number of nitrogens with two attached hydrogens (primary N) is 1. The highest BCUT2D eigenvalue weighted by molar-refractivity contribution is 5.90. The molecule has 3 heterocycles. The smallest absolute Gasteiger partial charge is 0.268 e. The Balaban J connectivity index is 1.88. The summed E-state index contributed by atoms with van der Waals surface area (Å²) in [7, 11) is 0. The first-order chi connectivity index (χ1) is 9.67. The summed E-state index contributed by atoms with van der Waals surface area (Å²) in [6, 6.07) is 0. The van der Waals surface area contributed by atoms with Crippen molar-refractivity contribution in [2.24, 2.45) is 5.73 Å². The van der Waals surface area contributed by atoms with Gasteiger partial charge in [0.25, 0.3) is 5.91 Å². The van der Waals surface area contributed by atoms with Gasteiger partial charge in [0, 0.05) is 24.7 Å². The van der Waals surface area contributed by atoms with Crippen molar-refractivity contribution in [1.82, 2.24) is 19.9 Å². The first-order valence-corrected chi connectivity index (χ1v) is 6.38. The number of anilines is 1. The van der Waals surface area contributed by atoms with Gasteiger partial charge in [-0.25, -0.2) is 15.0 Å². The Labute approximate surface area is 115 Å². The van der Waals surface area contributed by atoms with E-state index in [2.05, 4.69) is 19.9 Å². The maximum absolute atomic E-state index is 11.1. The normalized spacial score (nSPS) is 13.3. The van der Waals surface area contributed by atoms with Gasteiger partial charge in [0.05, 0.1) is 24.6 Å². The Morgan fingerprint density at radius 1 is 1.30 bits per heavy atom. The summed E-state index contributed by atoms with van der Waals surface area (Å²) in [6.45, 7) is 3.33. The van der Waals surface area contributed by atoms with E-state index >= 15 is 0 Å². The number of aryl methyl sites for hydroxylation is 1. The molecule has 0 aliphatic carbocycles. The van der Waals surface area contributed by atoms with Crippen LogP contribution < -0.4 is 10.6 Å². The number of aromatic nitrogens is 4. The SMILES string of the molecule is CCc1ncc2c(n1)CN(c1cncc(C(N)=O)n1)C2. The predicted octanol–water partition coefficient (Wildman–Crippen LogP) is 0.448. The highest BCUT2D eigenvalue weighted by Gasteiger charge is 2.23. The Hall–Kier alpha value is -2.57. The van der Waals surface area contributed by atoms with Crippen LogP contribution in [0.3, 0.4) is 0 Å². The summed E-state index contributed by atoms with van der Waals surface area (Å²) < 4.78 is 0. The minimum atomic E-state index is -0.580. The Bertz CT molecular complexity index is 672. The average Bonchev–Trinajstić information content (AvgIpc) is 2.90. The van der Waals surface area contributed by atoms with Crippen LogP contribution in [0, 0.1) is 0 Å². The van der Waals surface area contributed by atoms with Gasteiger partial charge in [0.15, 0.2) is 0 Å². The summed E-state index contributed by atoms with van der Waals surface area (Å²) in [6.07, 6.45) is 5.65. The summed E-state index contributed by atoms with van der Waals surface area (Å²) >= 11 is 0. The fourth-order valence-corrected chi connectivity index (χ4v) is 2.15. The molecular formula is C13H14N6O. The van der Waals surface area contributed by atoms with Crippen molar-refractivity contribution in [2.45, 2.75) is 26.4 Å². The van der Waals surface area contributed by atoms with Crippen molar-refractivity contribution < 1.29 is 4.79 Å². The molecular weight excluding hydrogens is 256 g/mol. The molecule has 20 heavy (non-hydrogen) atoms. The average molecular weight is 270 g/mol. The van der Waals surface area contributed by atoms with Crippen LogP contribution in [-0.2, 0) is 19.5 Å². The number of carbonyl (C=O) groups excluding carboxylic acids is 1. The summed E-state index contributed by atoms with van der Waals surface area (Å²) in [5.41, 5.74) is 7.47. The molecule has 0 spiro atoms. The van der Waals surface area contributed by atoms with E-state index in [1.165, 1.54) is 6.20 Å². The lowest BCUT2D eigenvalue weighted by molar-refractivity contribution is 0.0995. The quantitative estimate of drug-likeness (QED) is 0.869. The van der Waals surface area contributed by atoms with Crippen molar-refractivity contribution in [3.05, 3.63) is 41.4 Å². The van der Waals surface area contributed by atoms with Gasteiger partial charge in [-0.2, -0.15) is 0 Å². The number of nitrogens with zero attached hydrogens (tertiary/aromatic N) is 5. The monoisotopic (exact) mass is 270 g/mol. The van der Waals surface area contributed by atoms with Gasteiger partial charge in [-0.05, 0) is 0 Å². The van der Waals surface area contributed by atoms with Crippen molar-refractivity contribution in [3.63, 3.8) is 0 Å². The summed E-state index contributed by atoms with van der Waals surface area (Å²) in [5.74, 6) is 0.879.